The number of aliphatic hydroxyl groups is 1. The summed E-state index contributed by atoms with van der Waals surface area (Å²) in [5, 5.41) is 10.1. The molecule has 1 aromatic carbocycles. The maximum atomic E-state index is 9.02. The summed E-state index contributed by atoms with van der Waals surface area (Å²) < 4.78 is 1.27. The van der Waals surface area contributed by atoms with Crippen molar-refractivity contribution in [3.63, 3.8) is 0 Å². The van der Waals surface area contributed by atoms with Crippen LogP contribution in [-0.2, 0) is 6.42 Å². The fourth-order valence-corrected chi connectivity index (χ4v) is 3.20. The summed E-state index contributed by atoms with van der Waals surface area (Å²) >= 11 is 1.76. The van der Waals surface area contributed by atoms with E-state index >= 15 is 0 Å². The molecule has 1 fully saturated rings. The number of thiazole rings is 1. The van der Waals surface area contributed by atoms with Crippen LogP contribution in [-0.4, -0.2) is 29.8 Å². The van der Waals surface area contributed by atoms with Crippen molar-refractivity contribution < 1.29 is 5.11 Å². The van der Waals surface area contributed by atoms with Crippen LogP contribution in [0.15, 0.2) is 18.2 Å². The summed E-state index contributed by atoms with van der Waals surface area (Å²) in [6, 6.07) is 6.50. The van der Waals surface area contributed by atoms with Crippen molar-refractivity contribution in [2.75, 3.05) is 24.6 Å². The Morgan fingerprint density at radius 3 is 3.00 bits per heavy atom. The largest absolute Gasteiger partial charge is 0.396 e. The van der Waals surface area contributed by atoms with Crippen molar-refractivity contribution in [1.82, 2.24) is 4.98 Å². The first kappa shape index (κ1) is 11.0. The van der Waals surface area contributed by atoms with Crippen LogP contribution in [0.5, 0.6) is 0 Å². The molecule has 3 rings (SSSR count). The summed E-state index contributed by atoms with van der Waals surface area (Å²) in [6.45, 7) is 4.35. The molecule has 0 atom stereocenters. The minimum Gasteiger partial charge on any atom is -0.396 e. The van der Waals surface area contributed by atoms with E-state index in [0.717, 1.165) is 30.2 Å². The number of aliphatic hydroxyl groups excluding tert-OH is 1. The van der Waals surface area contributed by atoms with E-state index in [1.54, 1.807) is 11.3 Å². The highest BCUT2D eigenvalue weighted by molar-refractivity contribution is 7.22. The van der Waals surface area contributed by atoms with E-state index in [-0.39, 0.29) is 0 Å². The minimum atomic E-state index is 0.293. The molecule has 0 bridgehead atoms. The number of rotatable bonds is 3. The number of fused-ring (bicyclic) bond motifs is 1. The Hall–Kier alpha value is -1.13. The van der Waals surface area contributed by atoms with Gasteiger partial charge in [0.2, 0.25) is 0 Å². The fraction of sp³-hybridized carbons (Fsp3) is 0.462. The molecule has 0 radical (unpaired) electrons. The average molecular weight is 248 g/mol. The van der Waals surface area contributed by atoms with Crippen LogP contribution in [0.2, 0.25) is 0 Å². The van der Waals surface area contributed by atoms with E-state index in [0.29, 0.717) is 12.5 Å². The molecular weight excluding hydrogens is 232 g/mol. The zero-order valence-corrected chi connectivity index (χ0v) is 10.7. The van der Waals surface area contributed by atoms with Gasteiger partial charge >= 0.3 is 0 Å². The third kappa shape index (κ3) is 1.91. The van der Waals surface area contributed by atoms with Gasteiger partial charge in [-0.3, -0.25) is 0 Å². The monoisotopic (exact) mass is 248 g/mol. The normalized spacial score (nSPS) is 16.5. The molecule has 0 unspecified atom stereocenters. The predicted octanol–water partition coefficient (Wildman–Crippen LogP) is 2.29. The molecule has 1 saturated heterocycles. The molecule has 3 nitrogen and oxygen atoms in total. The van der Waals surface area contributed by atoms with Crippen molar-refractivity contribution >= 4 is 26.7 Å². The number of benzene rings is 1. The molecule has 90 valence electrons. The topological polar surface area (TPSA) is 36.4 Å². The van der Waals surface area contributed by atoms with Gasteiger partial charge in [-0.1, -0.05) is 24.3 Å². The fourth-order valence-electron chi connectivity index (χ4n) is 2.15. The molecule has 1 aliphatic heterocycles. The van der Waals surface area contributed by atoms with E-state index in [1.165, 1.54) is 10.3 Å². The Labute approximate surface area is 105 Å². The number of nitrogens with zero attached hydrogens (tertiary/aromatic N) is 2. The SMILES string of the molecule is CCc1ccc2nc(N3CC(CO)C3)sc2c1. The first-order valence-electron chi connectivity index (χ1n) is 6.05. The lowest BCUT2D eigenvalue weighted by Crippen LogP contribution is -2.48. The molecule has 1 aliphatic rings. The third-order valence-corrected chi connectivity index (χ3v) is 4.41. The molecule has 2 aromatic rings. The van der Waals surface area contributed by atoms with Gasteiger partial charge in [0.15, 0.2) is 5.13 Å². The Bertz CT molecular complexity index is 531. The Morgan fingerprint density at radius 1 is 1.47 bits per heavy atom. The van der Waals surface area contributed by atoms with E-state index < -0.39 is 0 Å². The maximum Gasteiger partial charge on any atom is 0.186 e. The molecule has 0 amide bonds. The quantitative estimate of drug-likeness (QED) is 0.905. The number of aromatic nitrogens is 1. The van der Waals surface area contributed by atoms with Crippen LogP contribution in [0.3, 0.4) is 0 Å². The molecule has 0 spiro atoms. The first-order valence-corrected chi connectivity index (χ1v) is 6.87. The first-order chi connectivity index (χ1) is 8.30. The van der Waals surface area contributed by atoms with Crippen LogP contribution < -0.4 is 4.90 Å². The Balaban J connectivity index is 1.87. The van der Waals surface area contributed by atoms with Gasteiger partial charge in [-0.2, -0.15) is 0 Å². The van der Waals surface area contributed by atoms with Gasteiger partial charge < -0.3 is 10.0 Å². The lowest BCUT2D eigenvalue weighted by atomic mass is 10.0. The number of hydrogen-bond acceptors (Lipinski definition) is 4. The van der Waals surface area contributed by atoms with Gasteiger partial charge in [0.1, 0.15) is 0 Å². The average Bonchev–Trinajstić information content (AvgIpc) is 2.69. The summed E-state index contributed by atoms with van der Waals surface area (Å²) in [5.41, 5.74) is 2.46. The molecule has 0 aliphatic carbocycles. The standard InChI is InChI=1S/C13H16N2OS/c1-2-9-3-4-11-12(5-9)17-13(14-11)15-6-10(7-15)8-16/h3-5,10,16H,2,6-8H2,1H3. The third-order valence-electron chi connectivity index (χ3n) is 3.34. The van der Waals surface area contributed by atoms with Gasteiger partial charge in [-0.25, -0.2) is 4.98 Å². The molecule has 4 heteroatoms. The minimum absolute atomic E-state index is 0.293. The summed E-state index contributed by atoms with van der Waals surface area (Å²) in [4.78, 5) is 6.89. The van der Waals surface area contributed by atoms with E-state index in [4.69, 9.17) is 5.11 Å². The zero-order chi connectivity index (χ0) is 11.8. The highest BCUT2D eigenvalue weighted by Crippen LogP contribution is 2.33. The van der Waals surface area contributed by atoms with Crippen LogP contribution in [0.1, 0.15) is 12.5 Å². The molecule has 0 saturated carbocycles. The van der Waals surface area contributed by atoms with Gasteiger partial charge in [0.05, 0.1) is 10.2 Å². The van der Waals surface area contributed by atoms with Crippen molar-refractivity contribution in [2.24, 2.45) is 5.92 Å². The molecule has 1 N–H and O–H groups in total. The smallest absolute Gasteiger partial charge is 0.186 e. The molecule has 17 heavy (non-hydrogen) atoms. The van der Waals surface area contributed by atoms with Crippen molar-refractivity contribution in [2.45, 2.75) is 13.3 Å². The van der Waals surface area contributed by atoms with Crippen molar-refractivity contribution in [1.29, 1.82) is 0 Å². The number of hydrogen-bond donors (Lipinski definition) is 1. The Morgan fingerprint density at radius 2 is 2.29 bits per heavy atom. The lowest BCUT2D eigenvalue weighted by molar-refractivity contribution is 0.201. The second-order valence-electron chi connectivity index (χ2n) is 4.61. The molecule has 1 aromatic heterocycles. The lowest BCUT2D eigenvalue weighted by Gasteiger charge is -2.37. The summed E-state index contributed by atoms with van der Waals surface area (Å²) in [5.74, 6) is 0.438. The molecular formula is C13H16N2OS. The maximum absolute atomic E-state index is 9.02. The zero-order valence-electron chi connectivity index (χ0n) is 9.89. The summed E-state index contributed by atoms with van der Waals surface area (Å²) in [6.07, 6.45) is 1.07. The van der Waals surface area contributed by atoms with E-state index in [2.05, 4.69) is 35.0 Å². The van der Waals surface area contributed by atoms with Gasteiger partial charge in [-0.15, -0.1) is 0 Å². The van der Waals surface area contributed by atoms with Crippen molar-refractivity contribution in [3.05, 3.63) is 23.8 Å². The second kappa shape index (κ2) is 4.27. The molecule has 2 heterocycles. The highest BCUT2D eigenvalue weighted by Gasteiger charge is 2.28. The second-order valence-corrected chi connectivity index (χ2v) is 5.61. The number of anilines is 1. The van der Waals surface area contributed by atoms with Gasteiger partial charge in [0.25, 0.3) is 0 Å². The Kier molecular flexibility index (Phi) is 2.76. The highest BCUT2D eigenvalue weighted by atomic mass is 32.1. The van der Waals surface area contributed by atoms with Gasteiger partial charge in [-0.05, 0) is 24.1 Å². The van der Waals surface area contributed by atoms with Crippen LogP contribution in [0, 0.1) is 5.92 Å². The number of aryl methyl sites for hydroxylation is 1. The van der Waals surface area contributed by atoms with Crippen LogP contribution in [0.25, 0.3) is 10.2 Å². The van der Waals surface area contributed by atoms with Crippen molar-refractivity contribution in [3.8, 4) is 0 Å². The van der Waals surface area contributed by atoms with E-state index in [1.807, 2.05) is 0 Å². The van der Waals surface area contributed by atoms with Gasteiger partial charge in [0, 0.05) is 25.6 Å². The summed E-state index contributed by atoms with van der Waals surface area (Å²) in [7, 11) is 0. The van der Waals surface area contributed by atoms with Crippen LogP contribution in [0.4, 0.5) is 5.13 Å². The van der Waals surface area contributed by atoms with E-state index in [9.17, 15) is 0 Å². The predicted molar refractivity (Wildman–Crippen MR) is 71.8 cm³/mol. The van der Waals surface area contributed by atoms with Crippen LogP contribution >= 0.6 is 11.3 Å².